The smallest absolute Gasteiger partial charge is 0.173 e. The van der Waals surface area contributed by atoms with E-state index in [1.807, 2.05) is 0 Å². The van der Waals surface area contributed by atoms with Crippen molar-refractivity contribution >= 4 is 17.9 Å². The third kappa shape index (κ3) is 2.49. The zero-order valence-electron chi connectivity index (χ0n) is 8.99. The second-order valence-electron chi connectivity index (χ2n) is 3.45. The van der Waals surface area contributed by atoms with Gasteiger partial charge in [-0.3, -0.25) is 4.79 Å². The highest BCUT2D eigenvalue weighted by Gasteiger charge is 2.11. The predicted octanol–water partition coefficient (Wildman–Crippen LogP) is 4.22. The molecule has 0 saturated heterocycles. The monoisotopic (exact) mass is 268 g/mol. The van der Waals surface area contributed by atoms with Crippen molar-refractivity contribution in [1.82, 2.24) is 0 Å². The molecule has 18 heavy (non-hydrogen) atoms. The maximum absolute atomic E-state index is 13.5. The van der Waals surface area contributed by atoms with Crippen molar-refractivity contribution < 1.29 is 18.3 Å². The number of hydrogen-bond donors (Lipinski definition) is 0. The fourth-order valence-electron chi connectivity index (χ4n) is 1.38. The maximum atomic E-state index is 13.5. The molecule has 0 fully saturated rings. The molecule has 5 heteroatoms. The van der Waals surface area contributed by atoms with Crippen LogP contribution in [0, 0.1) is 11.6 Å². The molecule has 0 aromatic heterocycles. The Balaban J connectivity index is 2.39. The van der Waals surface area contributed by atoms with Crippen LogP contribution in [0.1, 0.15) is 10.4 Å². The van der Waals surface area contributed by atoms with Gasteiger partial charge in [-0.1, -0.05) is 17.7 Å². The number of carbonyl (C=O) groups is 1. The fourth-order valence-corrected chi connectivity index (χ4v) is 1.50. The standard InChI is InChI=1S/C13H7ClF2O2/c14-10-5-4-9(6-12(10)16)18-13-8(7-17)2-1-3-11(13)15/h1-7H. The van der Waals surface area contributed by atoms with Gasteiger partial charge in [-0.2, -0.15) is 0 Å². The van der Waals surface area contributed by atoms with Crippen LogP contribution in [0.5, 0.6) is 11.5 Å². The second kappa shape index (κ2) is 5.14. The summed E-state index contributed by atoms with van der Waals surface area (Å²) >= 11 is 5.51. The van der Waals surface area contributed by atoms with E-state index in [2.05, 4.69) is 0 Å². The van der Waals surface area contributed by atoms with Crippen molar-refractivity contribution in [2.75, 3.05) is 0 Å². The highest BCUT2D eigenvalue weighted by molar-refractivity contribution is 6.30. The number of ether oxygens (including phenoxy) is 1. The van der Waals surface area contributed by atoms with Gasteiger partial charge in [0.15, 0.2) is 17.9 Å². The minimum atomic E-state index is -0.699. The molecular weight excluding hydrogens is 262 g/mol. The van der Waals surface area contributed by atoms with Crippen LogP contribution >= 0.6 is 11.6 Å². The first kappa shape index (κ1) is 12.5. The van der Waals surface area contributed by atoms with Crippen molar-refractivity contribution in [2.45, 2.75) is 0 Å². The number of benzene rings is 2. The Hall–Kier alpha value is -1.94. The Kier molecular flexibility index (Phi) is 3.58. The molecule has 0 aliphatic heterocycles. The molecule has 0 radical (unpaired) electrons. The van der Waals surface area contributed by atoms with Gasteiger partial charge >= 0.3 is 0 Å². The SMILES string of the molecule is O=Cc1cccc(F)c1Oc1ccc(Cl)c(F)c1. The Morgan fingerprint density at radius 3 is 2.56 bits per heavy atom. The summed E-state index contributed by atoms with van der Waals surface area (Å²) in [5, 5.41) is -0.0634. The van der Waals surface area contributed by atoms with Crippen LogP contribution in [0.4, 0.5) is 8.78 Å². The molecule has 2 nitrogen and oxygen atoms in total. The Bertz CT molecular complexity index is 600. The van der Waals surface area contributed by atoms with Crippen LogP contribution in [-0.4, -0.2) is 6.29 Å². The predicted molar refractivity (Wildman–Crippen MR) is 63.3 cm³/mol. The van der Waals surface area contributed by atoms with Gasteiger partial charge in [-0.15, -0.1) is 0 Å². The number of hydrogen-bond acceptors (Lipinski definition) is 2. The Morgan fingerprint density at radius 1 is 1.11 bits per heavy atom. The first-order valence-corrected chi connectivity index (χ1v) is 5.36. The lowest BCUT2D eigenvalue weighted by molar-refractivity contribution is 0.112. The summed E-state index contributed by atoms with van der Waals surface area (Å²) in [6.07, 6.45) is 0.463. The molecule has 0 heterocycles. The van der Waals surface area contributed by atoms with E-state index in [0.717, 1.165) is 12.1 Å². The molecule has 0 aliphatic carbocycles. The normalized spacial score (nSPS) is 10.2. The minimum Gasteiger partial charge on any atom is -0.453 e. The largest absolute Gasteiger partial charge is 0.453 e. The lowest BCUT2D eigenvalue weighted by Crippen LogP contribution is -1.94. The van der Waals surface area contributed by atoms with Crippen LogP contribution in [0.25, 0.3) is 0 Å². The number of halogens is 3. The zero-order chi connectivity index (χ0) is 13.1. The highest BCUT2D eigenvalue weighted by Crippen LogP contribution is 2.29. The van der Waals surface area contributed by atoms with Gasteiger partial charge in [0.25, 0.3) is 0 Å². The molecule has 2 rings (SSSR count). The van der Waals surface area contributed by atoms with Crippen LogP contribution < -0.4 is 4.74 Å². The van der Waals surface area contributed by atoms with Crippen LogP contribution in [0.3, 0.4) is 0 Å². The van der Waals surface area contributed by atoms with E-state index in [9.17, 15) is 13.6 Å². The fraction of sp³-hybridized carbons (Fsp3) is 0. The van der Waals surface area contributed by atoms with Gasteiger partial charge in [0, 0.05) is 6.07 Å². The molecule has 0 saturated carbocycles. The van der Waals surface area contributed by atoms with Gasteiger partial charge in [0.1, 0.15) is 11.6 Å². The zero-order valence-corrected chi connectivity index (χ0v) is 9.75. The molecule has 0 N–H and O–H groups in total. The molecular formula is C13H7ClF2O2. The topological polar surface area (TPSA) is 26.3 Å². The third-order valence-electron chi connectivity index (χ3n) is 2.24. The summed E-state index contributed by atoms with van der Waals surface area (Å²) in [4.78, 5) is 10.7. The molecule has 0 spiro atoms. The van der Waals surface area contributed by atoms with Gasteiger partial charge in [0.05, 0.1) is 10.6 Å². The number of carbonyl (C=O) groups excluding carboxylic acids is 1. The van der Waals surface area contributed by atoms with Crippen LogP contribution in [0.2, 0.25) is 5.02 Å². The van der Waals surface area contributed by atoms with Crippen molar-refractivity contribution in [2.24, 2.45) is 0 Å². The minimum absolute atomic E-state index is 0.0466. The maximum Gasteiger partial charge on any atom is 0.173 e. The summed E-state index contributed by atoms with van der Waals surface area (Å²) < 4.78 is 31.9. The van der Waals surface area contributed by atoms with Crippen molar-refractivity contribution in [3.63, 3.8) is 0 Å². The third-order valence-corrected chi connectivity index (χ3v) is 2.54. The van der Waals surface area contributed by atoms with E-state index in [-0.39, 0.29) is 22.1 Å². The van der Waals surface area contributed by atoms with Gasteiger partial charge in [0.2, 0.25) is 0 Å². The first-order valence-electron chi connectivity index (χ1n) is 4.98. The molecule has 0 atom stereocenters. The number of aldehydes is 1. The Labute approximate surface area is 107 Å². The summed E-state index contributed by atoms with van der Waals surface area (Å²) in [6.45, 7) is 0. The lowest BCUT2D eigenvalue weighted by Gasteiger charge is -2.09. The van der Waals surface area contributed by atoms with E-state index in [0.29, 0.717) is 6.29 Å². The van der Waals surface area contributed by atoms with Gasteiger partial charge < -0.3 is 4.74 Å². The molecule has 2 aromatic rings. The number of para-hydroxylation sites is 1. The average molecular weight is 269 g/mol. The van der Waals surface area contributed by atoms with E-state index < -0.39 is 11.6 Å². The van der Waals surface area contributed by atoms with E-state index in [1.54, 1.807) is 0 Å². The van der Waals surface area contributed by atoms with Gasteiger partial charge in [-0.05, 0) is 24.3 Å². The summed E-state index contributed by atoms with van der Waals surface area (Å²) in [6, 6.07) is 7.62. The highest BCUT2D eigenvalue weighted by atomic mass is 35.5. The van der Waals surface area contributed by atoms with Crippen molar-refractivity contribution in [1.29, 1.82) is 0 Å². The van der Waals surface area contributed by atoms with Crippen LogP contribution in [0.15, 0.2) is 36.4 Å². The average Bonchev–Trinajstić information content (AvgIpc) is 2.36. The number of rotatable bonds is 3. The van der Waals surface area contributed by atoms with E-state index in [4.69, 9.17) is 16.3 Å². The summed E-state index contributed by atoms with van der Waals surface area (Å²) in [5.41, 5.74) is 0.0466. The Morgan fingerprint density at radius 2 is 1.89 bits per heavy atom. The molecule has 0 aliphatic rings. The molecule has 0 unspecified atom stereocenters. The van der Waals surface area contributed by atoms with Gasteiger partial charge in [-0.25, -0.2) is 8.78 Å². The van der Waals surface area contributed by atoms with Crippen molar-refractivity contribution in [3.8, 4) is 11.5 Å². The lowest BCUT2D eigenvalue weighted by atomic mass is 10.2. The molecule has 2 aromatic carbocycles. The molecule has 0 bridgehead atoms. The quantitative estimate of drug-likeness (QED) is 0.779. The second-order valence-corrected chi connectivity index (χ2v) is 3.86. The van der Waals surface area contributed by atoms with Crippen molar-refractivity contribution in [3.05, 3.63) is 58.6 Å². The van der Waals surface area contributed by atoms with E-state index >= 15 is 0 Å². The first-order chi connectivity index (χ1) is 8.61. The summed E-state index contributed by atoms with van der Waals surface area (Å²) in [7, 11) is 0. The summed E-state index contributed by atoms with van der Waals surface area (Å²) in [5.74, 6) is -1.56. The van der Waals surface area contributed by atoms with Crippen LogP contribution in [-0.2, 0) is 0 Å². The molecule has 0 amide bonds. The molecule has 92 valence electrons. The van der Waals surface area contributed by atoms with E-state index in [1.165, 1.54) is 24.3 Å².